The third-order valence-electron chi connectivity index (χ3n) is 4.40. The highest BCUT2D eigenvalue weighted by Crippen LogP contribution is 2.27. The van der Waals surface area contributed by atoms with E-state index in [9.17, 15) is 0 Å². The summed E-state index contributed by atoms with van der Waals surface area (Å²) in [5, 5.41) is 11.2. The van der Waals surface area contributed by atoms with Crippen molar-refractivity contribution in [2.45, 2.75) is 40.2 Å². The molecule has 1 aromatic heterocycles. The van der Waals surface area contributed by atoms with Crippen LogP contribution in [-0.2, 0) is 13.0 Å². The maximum absolute atomic E-state index is 5.37. The summed E-state index contributed by atoms with van der Waals surface area (Å²) in [4.78, 5) is 4.67. The molecule has 0 unspecified atom stereocenters. The first-order chi connectivity index (χ1) is 13.6. The van der Waals surface area contributed by atoms with Gasteiger partial charge in [-0.1, -0.05) is 6.07 Å². The maximum atomic E-state index is 5.37. The fourth-order valence-corrected chi connectivity index (χ4v) is 3.02. The molecule has 2 rings (SSSR count). The van der Waals surface area contributed by atoms with Crippen LogP contribution in [0.3, 0.4) is 0 Å². The highest BCUT2D eigenvalue weighted by molar-refractivity contribution is 14.0. The number of nitrogens with zero attached hydrogens (tertiary/aromatic N) is 3. The van der Waals surface area contributed by atoms with Crippen LogP contribution in [0.25, 0.3) is 0 Å². The molecule has 0 saturated carbocycles. The molecule has 0 spiro atoms. The SMILES string of the molecule is CCNC(=NCCCn1nc(C)cc1C)NCCc1ccc(OC)c(OC)c1.I. The van der Waals surface area contributed by atoms with Crippen LogP contribution in [0.4, 0.5) is 0 Å². The second-order valence-electron chi connectivity index (χ2n) is 6.63. The number of ether oxygens (including phenoxy) is 2. The normalized spacial score (nSPS) is 11.0. The third kappa shape index (κ3) is 8.12. The number of rotatable bonds is 10. The number of halogens is 1. The summed E-state index contributed by atoms with van der Waals surface area (Å²) in [5.74, 6) is 2.35. The third-order valence-corrected chi connectivity index (χ3v) is 4.40. The lowest BCUT2D eigenvalue weighted by Crippen LogP contribution is -2.38. The molecular weight excluding hydrogens is 481 g/mol. The predicted molar refractivity (Wildman–Crippen MR) is 129 cm³/mol. The van der Waals surface area contributed by atoms with Crippen LogP contribution in [0.5, 0.6) is 11.5 Å². The number of nitrogens with one attached hydrogen (secondary N) is 2. The monoisotopic (exact) mass is 515 g/mol. The van der Waals surface area contributed by atoms with E-state index in [2.05, 4.69) is 46.7 Å². The highest BCUT2D eigenvalue weighted by atomic mass is 127. The van der Waals surface area contributed by atoms with Gasteiger partial charge >= 0.3 is 0 Å². The molecule has 1 heterocycles. The van der Waals surface area contributed by atoms with Crippen molar-refractivity contribution in [3.8, 4) is 11.5 Å². The van der Waals surface area contributed by atoms with Crippen molar-refractivity contribution >= 4 is 29.9 Å². The van der Waals surface area contributed by atoms with E-state index in [1.165, 1.54) is 11.3 Å². The topological polar surface area (TPSA) is 72.7 Å². The smallest absolute Gasteiger partial charge is 0.191 e. The van der Waals surface area contributed by atoms with Crippen LogP contribution >= 0.6 is 24.0 Å². The maximum Gasteiger partial charge on any atom is 0.191 e. The molecule has 0 atom stereocenters. The minimum Gasteiger partial charge on any atom is -0.493 e. The van der Waals surface area contributed by atoms with Gasteiger partial charge in [0.25, 0.3) is 0 Å². The van der Waals surface area contributed by atoms with Gasteiger partial charge in [-0.2, -0.15) is 5.10 Å². The molecule has 0 aliphatic carbocycles. The standard InChI is InChI=1S/C21H33N5O2.HI/c1-6-22-21(23-11-7-13-26-17(3)14-16(2)25-26)24-12-10-18-8-9-19(27-4)20(15-18)28-5;/h8-9,14-15H,6-7,10-13H2,1-5H3,(H2,22,23,24);1H. The molecule has 8 heteroatoms. The largest absolute Gasteiger partial charge is 0.493 e. The number of aliphatic imine (C=N–C) groups is 1. The summed E-state index contributed by atoms with van der Waals surface area (Å²) < 4.78 is 12.7. The average molecular weight is 515 g/mol. The van der Waals surface area contributed by atoms with Gasteiger partial charge in [0, 0.05) is 31.9 Å². The van der Waals surface area contributed by atoms with Crippen LogP contribution in [-0.4, -0.2) is 49.6 Å². The Morgan fingerprint density at radius 3 is 2.48 bits per heavy atom. The van der Waals surface area contributed by atoms with Crippen LogP contribution in [0, 0.1) is 13.8 Å². The van der Waals surface area contributed by atoms with Crippen molar-refractivity contribution in [2.75, 3.05) is 33.9 Å². The van der Waals surface area contributed by atoms with E-state index in [0.717, 1.165) is 62.2 Å². The molecule has 0 aliphatic heterocycles. The molecule has 29 heavy (non-hydrogen) atoms. The van der Waals surface area contributed by atoms with Gasteiger partial charge in [-0.25, -0.2) is 0 Å². The van der Waals surface area contributed by atoms with Crippen molar-refractivity contribution in [3.05, 3.63) is 41.2 Å². The molecule has 0 amide bonds. The zero-order chi connectivity index (χ0) is 20.4. The quantitative estimate of drug-likeness (QED) is 0.220. The van der Waals surface area contributed by atoms with Crippen LogP contribution in [0.15, 0.2) is 29.3 Å². The molecule has 2 N–H and O–H groups in total. The van der Waals surface area contributed by atoms with Crippen molar-refractivity contribution in [1.29, 1.82) is 0 Å². The Bertz CT molecular complexity index is 776. The Kier molecular flexibility index (Phi) is 11.5. The van der Waals surface area contributed by atoms with Gasteiger partial charge < -0.3 is 20.1 Å². The van der Waals surface area contributed by atoms with Gasteiger partial charge in [0.15, 0.2) is 17.5 Å². The summed E-state index contributed by atoms with van der Waals surface area (Å²) in [6.07, 6.45) is 1.82. The number of hydrogen-bond acceptors (Lipinski definition) is 4. The van der Waals surface area contributed by atoms with E-state index in [1.54, 1.807) is 14.2 Å². The Morgan fingerprint density at radius 2 is 1.86 bits per heavy atom. The summed E-state index contributed by atoms with van der Waals surface area (Å²) in [7, 11) is 3.30. The lowest BCUT2D eigenvalue weighted by molar-refractivity contribution is 0.354. The Labute approximate surface area is 191 Å². The number of methoxy groups -OCH3 is 2. The molecule has 0 fully saturated rings. The molecule has 0 radical (unpaired) electrons. The van der Waals surface area contributed by atoms with Crippen LogP contribution < -0.4 is 20.1 Å². The van der Waals surface area contributed by atoms with E-state index in [0.29, 0.717) is 0 Å². The van der Waals surface area contributed by atoms with Gasteiger partial charge in [0.05, 0.1) is 19.9 Å². The zero-order valence-corrected chi connectivity index (χ0v) is 20.4. The first kappa shape index (κ1) is 25.1. The molecule has 2 aromatic rings. The number of aromatic nitrogens is 2. The Balaban J connectivity index is 0.00000420. The van der Waals surface area contributed by atoms with Gasteiger partial charge in [-0.05, 0) is 57.4 Å². The van der Waals surface area contributed by atoms with Gasteiger partial charge in [0.1, 0.15) is 0 Å². The van der Waals surface area contributed by atoms with Gasteiger partial charge in [0.2, 0.25) is 0 Å². The summed E-state index contributed by atoms with van der Waals surface area (Å²) in [6, 6.07) is 8.11. The highest BCUT2D eigenvalue weighted by Gasteiger charge is 2.05. The van der Waals surface area contributed by atoms with E-state index in [4.69, 9.17) is 9.47 Å². The molecule has 0 bridgehead atoms. The molecule has 0 aliphatic rings. The first-order valence-corrected chi connectivity index (χ1v) is 9.81. The molecule has 0 saturated heterocycles. The summed E-state index contributed by atoms with van der Waals surface area (Å²) in [6.45, 7) is 9.44. The van der Waals surface area contributed by atoms with Crippen molar-refractivity contribution < 1.29 is 9.47 Å². The van der Waals surface area contributed by atoms with Crippen LogP contribution in [0.2, 0.25) is 0 Å². The zero-order valence-electron chi connectivity index (χ0n) is 18.1. The van der Waals surface area contributed by atoms with E-state index >= 15 is 0 Å². The van der Waals surface area contributed by atoms with Crippen molar-refractivity contribution in [1.82, 2.24) is 20.4 Å². The summed E-state index contributed by atoms with van der Waals surface area (Å²) >= 11 is 0. The number of hydrogen-bond donors (Lipinski definition) is 2. The Hall–Kier alpha value is -1.97. The Morgan fingerprint density at radius 1 is 1.10 bits per heavy atom. The summed E-state index contributed by atoms with van der Waals surface area (Å²) in [5.41, 5.74) is 3.44. The average Bonchev–Trinajstić information content (AvgIpc) is 3.02. The molecule has 162 valence electrons. The van der Waals surface area contributed by atoms with Gasteiger partial charge in [-0.15, -0.1) is 24.0 Å². The van der Waals surface area contributed by atoms with E-state index < -0.39 is 0 Å². The number of guanidine groups is 1. The van der Waals surface area contributed by atoms with Crippen molar-refractivity contribution in [2.24, 2.45) is 4.99 Å². The van der Waals surface area contributed by atoms with Crippen LogP contribution in [0.1, 0.15) is 30.3 Å². The second kappa shape index (κ2) is 13.3. The minimum atomic E-state index is 0. The minimum absolute atomic E-state index is 0. The van der Waals surface area contributed by atoms with E-state index in [1.807, 2.05) is 23.7 Å². The predicted octanol–water partition coefficient (Wildman–Crippen LogP) is 3.32. The van der Waals surface area contributed by atoms with Gasteiger partial charge in [-0.3, -0.25) is 9.67 Å². The lowest BCUT2D eigenvalue weighted by atomic mass is 10.1. The number of aryl methyl sites for hydroxylation is 3. The lowest BCUT2D eigenvalue weighted by Gasteiger charge is -2.13. The first-order valence-electron chi connectivity index (χ1n) is 9.81. The fourth-order valence-electron chi connectivity index (χ4n) is 3.02. The van der Waals surface area contributed by atoms with E-state index in [-0.39, 0.29) is 24.0 Å². The van der Waals surface area contributed by atoms with Crippen molar-refractivity contribution in [3.63, 3.8) is 0 Å². The fraction of sp³-hybridized carbons (Fsp3) is 0.524. The molecular formula is C21H34IN5O2. The molecule has 7 nitrogen and oxygen atoms in total. The second-order valence-corrected chi connectivity index (χ2v) is 6.63. The number of benzene rings is 1. The molecule has 1 aromatic carbocycles.